The van der Waals surface area contributed by atoms with Gasteiger partial charge in [0.05, 0.1) is 18.3 Å². The minimum Gasteiger partial charge on any atom is -0.481 e. The summed E-state index contributed by atoms with van der Waals surface area (Å²) in [7, 11) is 0. The van der Waals surface area contributed by atoms with E-state index in [1.807, 2.05) is 0 Å². The third kappa shape index (κ3) is 3.27. The second-order valence-corrected chi connectivity index (χ2v) is 11.4. The molecule has 0 aliphatic heterocycles. The van der Waals surface area contributed by atoms with Crippen LogP contribution in [0.15, 0.2) is 0 Å². The number of hydrogen-bond acceptors (Lipinski definition) is 4. The molecule has 4 rings (SSSR count). The summed E-state index contributed by atoms with van der Waals surface area (Å²) in [6.45, 7) is 6.72. The van der Waals surface area contributed by atoms with Gasteiger partial charge >= 0.3 is 5.97 Å². The largest absolute Gasteiger partial charge is 0.481 e. The van der Waals surface area contributed by atoms with Crippen LogP contribution in [0, 0.1) is 46.3 Å². The van der Waals surface area contributed by atoms with E-state index in [4.69, 9.17) is 5.11 Å². The summed E-state index contributed by atoms with van der Waals surface area (Å²) >= 11 is 0. The Morgan fingerprint density at radius 3 is 2.45 bits per heavy atom. The van der Waals surface area contributed by atoms with Crippen LogP contribution in [0.4, 0.5) is 0 Å². The third-order valence-electron chi connectivity index (χ3n) is 10.3. The van der Waals surface area contributed by atoms with Gasteiger partial charge in [0.1, 0.15) is 0 Å². The predicted molar refractivity (Wildman–Crippen MR) is 110 cm³/mol. The standard InChI is InChI=1S/C24H40O5/c1-13(4-7-21(28)29)16-5-6-17-22-18(12-20(27)24(16,17)3)23(2)9-8-15(25)10-14(23)11-19(22)26/h13-20,22,25-27H,4-12H2,1-3H3,(H,28,29)/t13-,14+,15-,16-,17+,18?,19-,20+,22?,23+,24-/m1/s1. The zero-order valence-corrected chi connectivity index (χ0v) is 18.3. The number of carbonyl (C=O) groups is 1. The van der Waals surface area contributed by atoms with Gasteiger partial charge in [-0.15, -0.1) is 0 Å². The second-order valence-electron chi connectivity index (χ2n) is 11.4. The van der Waals surface area contributed by atoms with E-state index in [1.165, 1.54) is 0 Å². The van der Waals surface area contributed by atoms with Crippen molar-refractivity contribution in [1.29, 1.82) is 0 Å². The molecule has 4 aliphatic carbocycles. The van der Waals surface area contributed by atoms with Crippen molar-refractivity contribution in [3.05, 3.63) is 0 Å². The van der Waals surface area contributed by atoms with Crippen LogP contribution in [0.2, 0.25) is 0 Å². The highest BCUT2D eigenvalue weighted by molar-refractivity contribution is 5.66. The number of rotatable bonds is 4. The molecule has 0 bridgehead atoms. The molecule has 2 unspecified atom stereocenters. The van der Waals surface area contributed by atoms with Gasteiger partial charge in [0.15, 0.2) is 0 Å². The summed E-state index contributed by atoms with van der Waals surface area (Å²) in [5.74, 6) is 0.997. The Kier molecular flexibility index (Phi) is 5.57. The summed E-state index contributed by atoms with van der Waals surface area (Å²) in [6, 6.07) is 0. The number of aliphatic hydroxyl groups is 3. The molecule has 4 saturated carbocycles. The van der Waals surface area contributed by atoms with E-state index in [9.17, 15) is 20.1 Å². The molecular formula is C24H40O5. The molecule has 4 fully saturated rings. The van der Waals surface area contributed by atoms with Crippen LogP contribution in [0.1, 0.15) is 78.6 Å². The number of fused-ring (bicyclic) bond motifs is 5. The highest BCUT2D eigenvalue weighted by Gasteiger charge is 2.65. The van der Waals surface area contributed by atoms with Gasteiger partial charge < -0.3 is 20.4 Å². The Labute approximate surface area is 174 Å². The van der Waals surface area contributed by atoms with Gasteiger partial charge in [0.2, 0.25) is 0 Å². The summed E-state index contributed by atoms with van der Waals surface area (Å²) < 4.78 is 0. The van der Waals surface area contributed by atoms with Crippen LogP contribution < -0.4 is 0 Å². The van der Waals surface area contributed by atoms with Crippen molar-refractivity contribution in [2.24, 2.45) is 46.3 Å². The van der Waals surface area contributed by atoms with Gasteiger partial charge in [0, 0.05) is 6.42 Å². The third-order valence-corrected chi connectivity index (χ3v) is 10.3. The zero-order valence-electron chi connectivity index (χ0n) is 18.3. The maximum absolute atomic E-state index is 11.5. The normalized spacial score (nSPS) is 52.9. The molecule has 5 nitrogen and oxygen atoms in total. The Balaban J connectivity index is 1.61. The van der Waals surface area contributed by atoms with Gasteiger partial charge in [-0.2, -0.15) is 0 Å². The van der Waals surface area contributed by atoms with Gasteiger partial charge in [-0.05, 0) is 97.7 Å². The smallest absolute Gasteiger partial charge is 0.303 e. The van der Waals surface area contributed by atoms with Crippen molar-refractivity contribution in [3.63, 3.8) is 0 Å². The van der Waals surface area contributed by atoms with E-state index in [0.29, 0.717) is 30.1 Å². The number of hydrogen-bond donors (Lipinski definition) is 4. The molecule has 0 saturated heterocycles. The molecule has 0 aromatic heterocycles. The zero-order chi connectivity index (χ0) is 21.1. The molecule has 0 heterocycles. The second kappa shape index (κ2) is 7.49. The molecule has 166 valence electrons. The molecule has 4 N–H and O–H groups in total. The lowest BCUT2D eigenvalue weighted by Gasteiger charge is -2.63. The maximum Gasteiger partial charge on any atom is 0.303 e. The van der Waals surface area contributed by atoms with Crippen LogP contribution in [0.5, 0.6) is 0 Å². The average Bonchev–Trinajstić information content (AvgIpc) is 3.01. The number of carboxylic acids is 1. The summed E-state index contributed by atoms with van der Waals surface area (Å²) in [5.41, 5.74) is -0.143. The van der Waals surface area contributed by atoms with Crippen molar-refractivity contribution in [2.45, 2.75) is 96.9 Å². The van der Waals surface area contributed by atoms with Crippen molar-refractivity contribution in [1.82, 2.24) is 0 Å². The predicted octanol–water partition coefficient (Wildman–Crippen LogP) is 3.45. The van der Waals surface area contributed by atoms with E-state index in [2.05, 4.69) is 20.8 Å². The highest BCUT2D eigenvalue weighted by Crippen LogP contribution is 2.68. The Morgan fingerprint density at radius 1 is 1.03 bits per heavy atom. The van der Waals surface area contributed by atoms with Crippen LogP contribution in [0.3, 0.4) is 0 Å². The molecule has 0 radical (unpaired) electrons. The van der Waals surface area contributed by atoms with Gasteiger partial charge in [-0.1, -0.05) is 20.8 Å². The van der Waals surface area contributed by atoms with E-state index in [-0.39, 0.29) is 41.3 Å². The fourth-order valence-electron chi connectivity index (χ4n) is 8.68. The summed E-state index contributed by atoms with van der Waals surface area (Å²) in [4.78, 5) is 11.1. The molecule has 0 aromatic rings. The van der Waals surface area contributed by atoms with E-state index >= 15 is 0 Å². The Morgan fingerprint density at radius 2 is 1.76 bits per heavy atom. The van der Waals surface area contributed by atoms with Crippen LogP contribution >= 0.6 is 0 Å². The molecule has 0 aromatic carbocycles. The average molecular weight is 409 g/mol. The van der Waals surface area contributed by atoms with Gasteiger partial charge in [0.25, 0.3) is 0 Å². The first-order chi connectivity index (χ1) is 13.6. The lowest BCUT2D eigenvalue weighted by Crippen LogP contribution is -2.62. The van der Waals surface area contributed by atoms with Crippen LogP contribution in [-0.2, 0) is 4.79 Å². The first-order valence-electron chi connectivity index (χ1n) is 11.8. The van der Waals surface area contributed by atoms with E-state index in [1.54, 1.807) is 0 Å². The molecule has 4 aliphatic rings. The maximum atomic E-state index is 11.5. The number of carboxylic acid groups (broad SMARTS) is 1. The monoisotopic (exact) mass is 408 g/mol. The lowest BCUT2D eigenvalue weighted by molar-refractivity contribution is -0.207. The first-order valence-corrected chi connectivity index (χ1v) is 11.8. The van der Waals surface area contributed by atoms with Gasteiger partial charge in [-0.25, -0.2) is 0 Å². The van der Waals surface area contributed by atoms with E-state index < -0.39 is 12.1 Å². The fraction of sp³-hybridized carbons (Fsp3) is 0.958. The number of aliphatic carboxylic acids is 1. The van der Waals surface area contributed by atoms with Crippen LogP contribution in [-0.4, -0.2) is 44.7 Å². The molecular weight excluding hydrogens is 368 g/mol. The van der Waals surface area contributed by atoms with Crippen molar-refractivity contribution in [3.8, 4) is 0 Å². The molecule has 0 amide bonds. The van der Waals surface area contributed by atoms with Crippen LogP contribution in [0.25, 0.3) is 0 Å². The minimum atomic E-state index is -0.748. The Bertz CT molecular complexity index is 637. The van der Waals surface area contributed by atoms with Crippen molar-refractivity contribution in [2.75, 3.05) is 0 Å². The van der Waals surface area contributed by atoms with Crippen molar-refractivity contribution >= 4 is 5.97 Å². The SMILES string of the molecule is C[C@H](CCC(=O)O)[C@H]1CC[C@H]2C3C(C[C@H](O)[C@]12C)[C@@]1(C)CC[C@@H](O)C[C@H]1C[C@H]3O. The molecule has 29 heavy (non-hydrogen) atoms. The van der Waals surface area contributed by atoms with Crippen molar-refractivity contribution < 1.29 is 25.2 Å². The first kappa shape index (κ1) is 21.6. The summed E-state index contributed by atoms with van der Waals surface area (Å²) in [5, 5.41) is 42.0. The number of aliphatic hydroxyl groups excluding tert-OH is 3. The Hall–Kier alpha value is -0.650. The molecule has 5 heteroatoms. The minimum absolute atomic E-state index is 0.0957. The van der Waals surface area contributed by atoms with E-state index in [0.717, 1.165) is 44.9 Å². The topological polar surface area (TPSA) is 98.0 Å². The van der Waals surface area contributed by atoms with Gasteiger partial charge in [-0.3, -0.25) is 4.79 Å². The quantitative estimate of drug-likeness (QED) is 0.571. The highest BCUT2D eigenvalue weighted by atomic mass is 16.4. The summed E-state index contributed by atoms with van der Waals surface area (Å²) in [6.07, 6.45) is 6.00. The lowest BCUT2D eigenvalue weighted by atomic mass is 9.43. The fourth-order valence-corrected chi connectivity index (χ4v) is 8.68. The molecule has 11 atom stereocenters. The molecule has 0 spiro atoms.